The quantitative estimate of drug-likeness (QED) is 0.876. The Balaban J connectivity index is 2.19. The summed E-state index contributed by atoms with van der Waals surface area (Å²) in [4.78, 5) is 11.1. The van der Waals surface area contributed by atoms with E-state index < -0.39 is 18.3 Å². The molecule has 2 aromatic rings. The number of halogens is 4. The van der Waals surface area contributed by atoms with Gasteiger partial charge in [-0.15, -0.1) is 10.2 Å². The summed E-state index contributed by atoms with van der Waals surface area (Å²) in [5.41, 5.74) is 0.440. The number of hydrogen-bond donors (Lipinski definition) is 1. The van der Waals surface area contributed by atoms with Gasteiger partial charge in [-0.2, -0.15) is 8.78 Å². The molecule has 0 saturated heterocycles. The van der Waals surface area contributed by atoms with E-state index in [-0.39, 0.29) is 5.69 Å². The number of hydrogen-bond acceptors (Lipinski definition) is 3. The van der Waals surface area contributed by atoms with Crippen LogP contribution in [0.15, 0.2) is 36.9 Å². The largest absolute Gasteiger partial charge is 0.383 e. The summed E-state index contributed by atoms with van der Waals surface area (Å²) in [7, 11) is 0. The number of amides is 1. The van der Waals surface area contributed by atoms with Gasteiger partial charge in [0.25, 0.3) is 0 Å². The number of alkyl halides is 4. The van der Waals surface area contributed by atoms with Gasteiger partial charge in [0.15, 0.2) is 0 Å². The first-order chi connectivity index (χ1) is 9.41. The van der Waals surface area contributed by atoms with Crippen LogP contribution < -0.4 is 5.32 Å². The summed E-state index contributed by atoms with van der Waals surface area (Å²) in [6.45, 7) is 0. The highest BCUT2D eigenvalue weighted by atomic mass is 19.3. The van der Waals surface area contributed by atoms with Crippen LogP contribution in [-0.4, -0.2) is 33.0 Å². The van der Waals surface area contributed by atoms with Gasteiger partial charge >= 0.3 is 18.3 Å². The van der Waals surface area contributed by atoms with Crippen molar-refractivity contribution in [3.05, 3.63) is 36.9 Å². The maximum atomic E-state index is 12.8. The Morgan fingerprint density at radius 2 is 1.90 bits per heavy atom. The predicted molar refractivity (Wildman–Crippen MR) is 60.9 cm³/mol. The van der Waals surface area contributed by atoms with E-state index in [9.17, 15) is 22.4 Å². The molecule has 0 atom stereocenters. The predicted octanol–water partition coefficient (Wildman–Crippen LogP) is 2.11. The van der Waals surface area contributed by atoms with E-state index in [0.717, 1.165) is 0 Å². The van der Waals surface area contributed by atoms with Crippen molar-refractivity contribution in [2.24, 2.45) is 0 Å². The third-order valence-corrected chi connectivity index (χ3v) is 2.40. The average molecular weight is 288 g/mol. The van der Waals surface area contributed by atoms with Gasteiger partial charge in [0.05, 0.1) is 5.69 Å². The molecular formula is C11H8F4N4O. The van der Waals surface area contributed by atoms with Crippen molar-refractivity contribution in [2.45, 2.75) is 12.3 Å². The van der Waals surface area contributed by atoms with Crippen molar-refractivity contribution in [3.63, 3.8) is 0 Å². The minimum absolute atomic E-state index is 0.0403. The monoisotopic (exact) mass is 288 g/mol. The zero-order valence-corrected chi connectivity index (χ0v) is 9.80. The normalized spacial score (nSPS) is 11.7. The third kappa shape index (κ3) is 2.76. The molecule has 1 N–H and O–H groups in total. The maximum Gasteiger partial charge on any atom is 0.383 e. The van der Waals surface area contributed by atoms with Crippen LogP contribution in [0.4, 0.5) is 23.2 Å². The van der Waals surface area contributed by atoms with Gasteiger partial charge in [-0.3, -0.25) is 9.36 Å². The van der Waals surface area contributed by atoms with Gasteiger partial charge in [-0.1, -0.05) is 6.07 Å². The SMILES string of the molecule is O=C(Nc1cccc(-n2cnnc2)c1)C(F)(F)C(F)F. The van der Waals surface area contributed by atoms with Gasteiger partial charge in [-0.25, -0.2) is 8.78 Å². The second kappa shape index (κ2) is 5.27. The van der Waals surface area contributed by atoms with Gasteiger partial charge in [0.1, 0.15) is 12.7 Å². The molecule has 1 aromatic heterocycles. The number of anilines is 1. The van der Waals surface area contributed by atoms with Crippen LogP contribution in [0.25, 0.3) is 5.69 Å². The molecule has 1 aromatic carbocycles. The fourth-order valence-corrected chi connectivity index (χ4v) is 1.39. The zero-order valence-electron chi connectivity index (χ0n) is 9.80. The molecular weight excluding hydrogens is 280 g/mol. The summed E-state index contributed by atoms with van der Waals surface area (Å²) >= 11 is 0. The van der Waals surface area contributed by atoms with Crippen LogP contribution >= 0.6 is 0 Å². The van der Waals surface area contributed by atoms with E-state index in [2.05, 4.69) is 10.2 Å². The average Bonchev–Trinajstić information content (AvgIpc) is 2.92. The van der Waals surface area contributed by atoms with Gasteiger partial charge in [0.2, 0.25) is 0 Å². The lowest BCUT2D eigenvalue weighted by Gasteiger charge is -2.15. The molecule has 0 spiro atoms. The lowest BCUT2D eigenvalue weighted by molar-refractivity contribution is -0.163. The lowest BCUT2D eigenvalue weighted by Crippen LogP contribution is -2.40. The summed E-state index contributed by atoms with van der Waals surface area (Å²) < 4.78 is 51.2. The Kier molecular flexibility index (Phi) is 3.68. The number of rotatable bonds is 4. The molecule has 0 radical (unpaired) electrons. The van der Waals surface area contributed by atoms with Crippen molar-refractivity contribution in [1.29, 1.82) is 0 Å². The molecule has 106 valence electrons. The number of benzene rings is 1. The summed E-state index contributed by atoms with van der Waals surface area (Å²) in [6.07, 6.45) is -1.35. The molecule has 0 aliphatic heterocycles. The molecule has 1 amide bonds. The first-order valence-corrected chi connectivity index (χ1v) is 5.33. The standard InChI is InChI=1S/C11H8F4N4O/c12-9(13)11(14,15)10(20)18-7-2-1-3-8(4-7)19-5-16-17-6-19/h1-6,9H,(H,18,20). The molecule has 0 bridgehead atoms. The lowest BCUT2D eigenvalue weighted by atomic mass is 10.2. The van der Waals surface area contributed by atoms with Crippen molar-refractivity contribution in [2.75, 3.05) is 5.32 Å². The van der Waals surface area contributed by atoms with Crippen molar-refractivity contribution < 1.29 is 22.4 Å². The molecule has 20 heavy (non-hydrogen) atoms. The van der Waals surface area contributed by atoms with Crippen LogP contribution in [0.5, 0.6) is 0 Å². The summed E-state index contributed by atoms with van der Waals surface area (Å²) in [5.74, 6) is -6.81. The van der Waals surface area contributed by atoms with E-state index >= 15 is 0 Å². The Hall–Kier alpha value is -2.45. The van der Waals surface area contributed by atoms with E-state index in [4.69, 9.17) is 0 Å². The molecule has 0 aliphatic carbocycles. The number of nitrogens with one attached hydrogen (secondary N) is 1. The fraction of sp³-hybridized carbons (Fsp3) is 0.182. The number of nitrogens with zero attached hydrogens (tertiary/aromatic N) is 3. The molecule has 9 heteroatoms. The molecule has 0 unspecified atom stereocenters. The Bertz CT molecular complexity index is 600. The van der Waals surface area contributed by atoms with Crippen LogP contribution in [0.2, 0.25) is 0 Å². The van der Waals surface area contributed by atoms with E-state index in [1.807, 2.05) is 0 Å². The first kappa shape index (κ1) is 14.0. The number of carbonyl (C=O) groups excluding carboxylic acids is 1. The van der Waals surface area contributed by atoms with Gasteiger partial charge < -0.3 is 5.32 Å². The van der Waals surface area contributed by atoms with Gasteiger partial charge in [-0.05, 0) is 18.2 Å². The molecule has 0 fully saturated rings. The summed E-state index contributed by atoms with van der Waals surface area (Å²) in [5, 5.41) is 8.86. The first-order valence-electron chi connectivity index (χ1n) is 5.33. The maximum absolute atomic E-state index is 12.8. The van der Waals surface area contributed by atoms with E-state index in [0.29, 0.717) is 5.69 Å². The highest BCUT2D eigenvalue weighted by Crippen LogP contribution is 2.25. The van der Waals surface area contributed by atoms with E-state index in [1.165, 1.54) is 35.4 Å². The highest BCUT2D eigenvalue weighted by molar-refractivity contribution is 5.96. The molecule has 0 saturated carbocycles. The molecule has 1 heterocycles. The number of carbonyl (C=O) groups is 1. The topological polar surface area (TPSA) is 59.8 Å². The van der Waals surface area contributed by atoms with Crippen molar-refractivity contribution in [1.82, 2.24) is 14.8 Å². The van der Waals surface area contributed by atoms with Crippen LogP contribution in [0, 0.1) is 0 Å². The Morgan fingerprint density at radius 3 is 2.50 bits per heavy atom. The van der Waals surface area contributed by atoms with Gasteiger partial charge in [0, 0.05) is 5.69 Å². The summed E-state index contributed by atoms with van der Waals surface area (Å²) in [6, 6.07) is 5.69. The minimum Gasteiger partial charge on any atom is -0.321 e. The van der Waals surface area contributed by atoms with Crippen molar-refractivity contribution in [3.8, 4) is 5.69 Å². The molecule has 5 nitrogen and oxygen atoms in total. The molecule has 0 aliphatic rings. The Morgan fingerprint density at radius 1 is 1.25 bits per heavy atom. The Labute approximate surface area is 110 Å². The zero-order chi connectivity index (χ0) is 14.8. The second-order valence-corrected chi connectivity index (χ2v) is 3.80. The minimum atomic E-state index is -4.74. The fourth-order valence-electron chi connectivity index (χ4n) is 1.39. The van der Waals surface area contributed by atoms with E-state index in [1.54, 1.807) is 11.4 Å². The van der Waals surface area contributed by atoms with Crippen LogP contribution in [0.3, 0.4) is 0 Å². The second-order valence-electron chi connectivity index (χ2n) is 3.80. The highest BCUT2D eigenvalue weighted by Gasteiger charge is 2.48. The van der Waals surface area contributed by atoms with Crippen LogP contribution in [-0.2, 0) is 4.79 Å². The van der Waals surface area contributed by atoms with Crippen LogP contribution in [0.1, 0.15) is 0 Å². The van der Waals surface area contributed by atoms with Crippen molar-refractivity contribution >= 4 is 11.6 Å². The number of aromatic nitrogens is 3. The smallest absolute Gasteiger partial charge is 0.321 e. The third-order valence-electron chi connectivity index (χ3n) is 2.40. The molecule has 2 rings (SSSR count).